The fourth-order valence-corrected chi connectivity index (χ4v) is 4.13. The lowest BCUT2D eigenvalue weighted by atomic mass is 9.86. The van der Waals surface area contributed by atoms with E-state index >= 15 is 0 Å². The van der Waals surface area contributed by atoms with Crippen LogP contribution >= 0.6 is 11.3 Å². The van der Waals surface area contributed by atoms with Crippen molar-refractivity contribution in [1.29, 1.82) is 0 Å². The molecule has 0 spiro atoms. The molecule has 1 aliphatic rings. The van der Waals surface area contributed by atoms with Crippen molar-refractivity contribution in [3.63, 3.8) is 0 Å². The van der Waals surface area contributed by atoms with Crippen molar-refractivity contribution in [1.82, 2.24) is 15.2 Å². The maximum Gasteiger partial charge on any atom is 0.240 e. The lowest BCUT2D eigenvalue weighted by Gasteiger charge is -2.31. The first-order chi connectivity index (χ1) is 14.1. The Hall–Kier alpha value is -2.25. The third-order valence-corrected chi connectivity index (χ3v) is 6.36. The monoisotopic (exact) mass is 430 g/mol. The van der Waals surface area contributed by atoms with Gasteiger partial charge in [0, 0.05) is 19.1 Å². The molecular weight excluding hydrogens is 396 g/mol. The van der Waals surface area contributed by atoms with Gasteiger partial charge in [-0.2, -0.15) is 0 Å². The zero-order valence-electron chi connectivity index (χ0n) is 18.6. The minimum Gasteiger partial charge on any atom is -0.355 e. The first-order valence-electron chi connectivity index (χ1n) is 10.4. The number of benzene rings is 1. The van der Waals surface area contributed by atoms with Crippen LogP contribution in [0.25, 0.3) is 10.4 Å². The molecule has 1 aromatic carbocycles. The van der Waals surface area contributed by atoms with Gasteiger partial charge in [0.25, 0.3) is 0 Å². The van der Waals surface area contributed by atoms with Crippen LogP contribution in [0.5, 0.6) is 0 Å². The summed E-state index contributed by atoms with van der Waals surface area (Å²) in [6.45, 7) is 11.6. The van der Waals surface area contributed by atoms with Crippen LogP contribution in [0.2, 0.25) is 0 Å². The molecule has 0 saturated carbocycles. The molecular formula is C23H34N4O2S. The number of nitrogens with one attached hydrogen (secondary N) is 1. The molecule has 2 amide bonds. The molecule has 0 aliphatic carbocycles. The smallest absolute Gasteiger partial charge is 0.240 e. The minimum absolute atomic E-state index is 0.113. The van der Waals surface area contributed by atoms with Gasteiger partial charge < -0.3 is 16.0 Å². The summed E-state index contributed by atoms with van der Waals surface area (Å²) >= 11 is 1.64. The molecule has 3 N–H and O–H groups in total. The van der Waals surface area contributed by atoms with Crippen LogP contribution in [0.3, 0.4) is 0 Å². The van der Waals surface area contributed by atoms with Crippen molar-refractivity contribution in [2.24, 2.45) is 11.1 Å². The first-order valence-corrected chi connectivity index (χ1v) is 11.3. The van der Waals surface area contributed by atoms with Gasteiger partial charge in [0.2, 0.25) is 12.3 Å². The molecule has 1 aliphatic heterocycles. The Kier molecular flexibility index (Phi) is 8.55. The van der Waals surface area contributed by atoms with Crippen molar-refractivity contribution in [3.8, 4) is 10.4 Å². The summed E-state index contributed by atoms with van der Waals surface area (Å²) in [7, 11) is 0. The standard InChI is InChI=1S/C12H12N2OS.C11H22N2O/c1-9-12(16-8-14-9)11-4-2-10(3-5-11)6-13-7-15;1-8-6-5-7-13(8)10(14)9(12)11(2,3)4/h2-5,7-8H,6H2,1H3,(H,13,15);8-9H,5-7,12H2,1-4H3. The van der Waals surface area contributed by atoms with Gasteiger partial charge in [0.05, 0.1) is 22.1 Å². The molecule has 0 radical (unpaired) electrons. The highest BCUT2D eigenvalue weighted by Gasteiger charge is 2.34. The molecule has 1 fully saturated rings. The van der Waals surface area contributed by atoms with Gasteiger partial charge in [0.1, 0.15) is 0 Å². The second kappa shape index (κ2) is 10.7. The lowest BCUT2D eigenvalue weighted by molar-refractivity contribution is -0.135. The quantitative estimate of drug-likeness (QED) is 0.708. The SMILES string of the molecule is CC1CCCN1C(=O)C(N)C(C)(C)C.Cc1ncsc1-c1ccc(CNC=O)cc1. The molecule has 0 bridgehead atoms. The van der Waals surface area contributed by atoms with Gasteiger partial charge in [-0.05, 0) is 43.2 Å². The first kappa shape index (κ1) is 24.0. The zero-order valence-corrected chi connectivity index (χ0v) is 19.5. The van der Waals surface area contributed by atoms with Crippen LogP contribution in [0.1, 0.15) is 51.8 Å². The normalized spacial score (nSPS) is 17.1. The van der Waals surface area contributed by atoms with Crippen LogP contribution in [0.4, 0.5) is 0 Å². The fourth-order valence-electron chi connectivity index (χ4n) is 3.32. The summed E-state index contributed by atoms with van der Waals surface area (Å²) in [5.41, 5.74) is 11.0. The van der Waals surface area contributed by atoms with Crippen molar-refractivity contribution in [3.05, 3.63) is 41.0 Å². The van der Waals surface area contributed by atoms with Crippen LogP contribution in [-0.4, -0.2) is 40.8 Å². The maximum absolute atomic E-state index is 12.0. The average molecular weight is 431 g/mol. The van der Waals surface area contributed by atoms with E-state index in [0.717, 1.165) is 30.6 Å². The van der Waals surface area contributed by atoms with E-state index in [4.69, 9.17) is 5.73 Å². The number of amides is 2. The highest BCUT2D eigenvalue weighted by molar-refractivity contribution is 7.13. The average Bonchev–Trinajstić information content (AvgIpc) is 3.33. The van der Waals surface area contributed by atoms with E-state index in [9.17, 15) is 9.59 Å². The van der Waals surface area contributed by atoms with Crippen molar-refractivity contribution in [2.45, 2.75) is 66.1 Å². The number of hydrogen-bond acceptors (Lipinski definition) is 5. The molecule has 164 valence electrons. The molecule has 7 heteroatoms. The second-order valence-corrected chi connectivity index (χ2v) is 9.68. The summed E-state index contributed by atoms with van der Waals surface area (Å²) < 4.78 is 0. The number of thiazole rings is 1. The van der Waals surface area contributed by atoms with Crippen molar-refractivity contribution >= 4 is 23.7 Å². The highest BCUT2D eigenvalue weighted by Crippen LogP contribution is 2.27. The van der Waals surface area contributed by atoms with Crippen LogP contribution in [0, 0.1) is 12.3 Å². The molecule has 2 heterocycles. The number of likely N-dealkylation sites (tertiary alicyclic amines) is 1. The van der Waals surface area contributed by atoms with E-state index in [2.05, 4.69) is 29.4 Å². The van der Waals surface area contributed by atoms with Gasteiger partial charge in [-0.1, -0.05) is 45.0 Å². The number of nitrogens with zero attached hydrogens (tertiary/aromatic N) is 2. The lowest BCUT2D eigenvalue weighted by Crippen LogP contribution is -2.51. The molecule has 2 atom stereocenters. The zero-order chi connectivity index (χ0) is 22.3. The number of aromatic nitrogens is 1. The molecule has 1 aromatic heterocycles. The largest absolute Gasteiger partial charge is 0.355 e. The minimum atomic E-state index is -0.372. The summed E-state index contributed by atoms with van der Waals surface area (Å²) in [4.78, 5) is 29.5. The Bertz CT molecular complexity index is 822. The number of carbonyl (C=O) groups is 2. The third kappa shape index (κ3) is 6.37. The molecule has 1 saturated heterocycles. The fraction of sp³-hybridized carbons (Fsp3) is 0.522. The van der Waals surface area contributed by atoms with Gasteiger partial charge in [-0.25, -0.2) is 4.98 Å². The number of nitrogens with two attached hydrogens (primary N) is 1. The summed E-state index contributed by atoms with van der Waals surface area (Å²) in [5, 5.41) is 2.64. The van der Waals surface area contributed by atoms with E-state index in [0.29, 0.717) is 19.0 Å². The number of aryl methyl sites for hydroxylation is 1. The van der Waals surface area contributed by atoms with E-state index in [1.54, 1.807) is 11.3 Å². The Labute approximate surface area is 183 Å². The summed E-state index contributed by atoms with van der Waals surface area (Å²) in [6.07, 6.45) is 2.94. The molecule has 30 heavy (non-hydrogen) atoms. The van der Waals surface area contributed by atoms with Gasteiger partial charge >= 0.3 is 0 Å². The Morgan fingerprint density at radius 1 is 1.37 bits per heavy atom. The van der Waals surface area contributed by atoms with Crippen LogP contribution < -0.4 is 11.1 Å². The second-order valence-electron chi connectivity index (χ2n) is 8.83. The molecule has 2 unspecified atom stereocenters. The number of carbonyl (C=O) groups excluding carboxylic acids is 2. The summed E-state index contributed by atoms with van der Waals surface area (Å²) in [6, 6.07) is 8.15. The molecule has 2 aromatic rings. The van der Waals surface area contributed by atoms with E-state index in [-0.39, 0.29) is 17.4 Å². The van der Waals surface area contributed by atoms with E-state index in [1.807, 2.05) is 50.2 Å². The highest BCUT2D eigenvalue weighted by atomic mass is 32.1. The van der Waals surface area contributed by atoms with Gasteiger partial charge in [-0.15, -0.1) is 11.3 Å². The molecule has 3 rings (SSSR count). The Balaban J connectivity index is 0.000000216. The van der Waals surface area contributed by atoms with Crippen molar-refractivity contribution < 1.29 is 9.59 Å². The van der Waals surface area contributed by atoms with Crippen LogP contribution in [0.15, 0.2) is 29.8 Å². The topological polar surface area (TPSA) is 88.3 Å². The van der Waals surface area contributed by atoms with Crippen LogP contribution in [-0.2, 0) is 16.1 Å². The van der Waals surface area contributed by atoms with E-state index in [1.165, 1.54) is 10.4 Å². The molecule has 6 nitrogen and oxygen atoms in total. The Morgan fingerprint density at radius 2 is 2.03 bits per heavy atom. The van der Waals surface area contributed by atoms with E-state index < -0.39 is 0 Å². The summed E-state index contributed by atoms with van der Waals surface area (Å²) in [5.74, 6) is 0.113. The third-order valence-electron chi connectivity index (χ3n) is 5.39. The maximum atomic E-state index is 12.0. The predicted octanol–water partition coefficient (Wildman–Crippen LogP) is 3.74. The number of rotatable bonds is 5. The van der Waals surface area contributed by atoms with Gasteiger partial charge in [0.15, 0.2) is 0 Å². The van der Waals surface area contributed by atoms with Crippen molar-refractivity contribution in [2.75, 3.05) is 6.54 Å². The van der Waals surface area contributed by atoms with Gasteiger partial charge in [-0.3, -0.25) is 9.59 Å². The number of hydrogen-bond donors (Lipinski definition) is 2. The Morgan fingerprint density at radius 3 is 2.50 bits per heavy atom. The predicted molar refractivity (Wildman–Crippen MR) is 123 cm³/mol.